The highest BCUT2D eigenvalue weighted by Gasteiger charge is 2.29. The highest BCUT2D eigenvalue weighted by Crippen LogP contribution is 2.42. The summed E-state index contributed by atoms with van der Waals surface area (Å²) in [6, 6.07) is 9.53. The van der Waals surface area contributed by atoms with E-state index in [1.807, 2.05) is 30.9 Å². The van der Waals surface area contributed by atoms with E-state index < -0.39 is 0 Å². The zero-order chi connectivity index (χ0) is 26.0. The molecule has 1 atom stereocenters. The average molecular weight is 512 g/mol. The molecule has 4 rings (SSSR count). The maximum atomic E-state index is 13.6. The molecular weight excluding hydrogens is 481 g/mol. The van der Waals surface area contributed by atoms with Crippen LogP contribution in [0.3, 0.4) is 0 Å². The van der Waals surface area contributed by atoms with Gasteiger partial charge < -0.3 is 19.2 Å². The highest BCUT2D eigenvalue weighted by atomic mass is 32.2. The molecule has 1 saturated heterocycles. The zero-order valence-corrected chi connectivity index (χ0v) is 21.6. The molecular formula is C27H30FN3O4S. The minimum absolute atomic E-state index is 0.00368. The number of furan rings is 1. The van der Waals surface area contributed by atoms with Gasteiger partial charge in [0.25, 0.3) is 5.91 Å². The normalized spacial score (nSPS) is 15.6. The van der Waals surface area contributed by atoms with Crippen LogP contribution in [0.15, 0.2) is 52.5 Å². The highest BCUT2D eigenvalue weighted by molar-refractivity contribution is 7.95. The number of hydrogen-bond donors (Lipinski definition) is 2. The Hall–Kier alpha value is -3.30. The Balaban J connectivity index is 1.87. The van der Waals surface area contributed by atoms with E-state index in [4.69, 9.17) is 4.42 Å². The lowest BCUT2D eigenvalue weighted by Gasteiger charge is -2.34. The zero-order valence-electron chi connectivity index (χ0n) is 20.8. The van der Waals surface area contributed by atoms with Gasteiger partial charge in [0.15, 0.2) is 0 Å². The van der Waals surface area contributed by atoms with Gasteiger partial charge in [-0.15, -0.1) is 0 Å². The quantitative estimate of drug-likeness (QED) is 0.246. The summed E-state index contributed by atoms with van der Waals surface area (Å²) in [7, 11) is 3.29. The Bertz CT molecular complexity index is 1310. The van der Waals surface area contributed by atoms with Crippen LogP contribution in [0.5, 0.6) is 0 Å². The Morgan fingerprint density at radius 3 is 2.61 bits per heavy atom. The minimum atomic E-state index is -0.382. The SMILES string of the molecule is CNC(=O)c1c(-c2ccc(F)cc2)oc2cc(N(C)SO)c(C3CCCN(C(=O)C=C(C)C)C3)cc12. The van der Waals surface area contributed by atoms with Crippen LogP contribution in [0.2, 0.25) is 0 Å². The van der Waals surface area contributed by atoms with Crippen molar-refractivity contribution in [3.63, 3.8) is 0 Å². The third-order valence-electron chi connectivity index (χ3n) is 6.44. The standard InChI is InChI=1S/C27H30FN3O4S/c1-16(2)12-24(32)31-11-5-6-18(15-31)20-13-21-23(14-22(20)30(4)36-34)35-26(25(21)27(33)29-3)17-7-9-19(28)10-8-17/h7-10,12-14,18,34H,5-6,11,15H2,1-4H3,(H,29,33). The van der Waals surface area contributed by atoms with Gasteiger partial charge in [-0.05, 0) is 62.6 Å². The molecule has 2 amide bonds. The molecule has 0 bridgehead atoms. The number of nitrogens with zero attached hydrogens (tertiary/aromatic N) is 2. The average Bonchev–Trinajstić information content (AvgIpc) is 3.25. The first-order chi connectivity index (χ1) is 17.2. The summed E-state index contributed by atoms with van der Waals surface area (Å²) in [6.45, 7) is 5.02. The van der Waals surface area contributed by atoms with E-state index in [-0.39, 0.29) is 23.5 Å². The van der Waals surface area contributed by atoms with E-state index >= 15 is 0 Å². The molecule has 0 saturated carbocycles. The van der Waals surface area contributed by atoms with Gasteiger partial charge in [0.05, 0.1) is 11.3 Å². The molecule has 1 aliphatic heterocycles. The number of carbonyl (C=O) groups excluding carboxylic acids is 2. The lowest BCUT2D eigenvalue weighted by atomic mass is 9.88. The van der Waals surface area contributed by atoms with Crippen molar-refractivity contribution in [1.29, 1.82) is 0 Å². The second-order valence-corrected chi connectivity index (χ2v) is 9.93. The summed E-state index contributed by atoms with van der Waals surface area (Å²) in [5, 5.41) is 3.30. The number of anilines is 1. The first kappa shape index (κ1) is 25.8. The summed E-state index contributed by atoms with van der Waals surface area (Å²) in [4.78, 5) is 27.6. The number of allylic oxidation sites excluding steroid dienone is 1. The molecule has 36 heavy (non-hydrogen) atoms. The topological polar surface area (TPSA) is 86.0 Å². The lowest BCUT2D eigenvalue weighted by molar-refractivity contribution is -0.127. The molecule has 2 heterocycles. The van der Waals surface area contributed by atoms with E-state index in [9.17, 15) is 18.5 Å². The van der Waals surface area contributed by atoms with Crippen molar-refractivity contribution in [2.75, 3.05) is 31.5 Å². The number of amides is 2. The number of nitrogens with one attached hydrogen (secondary N) is 1. The van der Waals surface area contributed by atoms with Crippen LogP contribution in [0.4, 0.5) is 10.1 Å². The number of benzene rings is 2. The second-order valence-electron chi connectivity index (χ2n) is 9.22. The lowest BCUT2D eigenvalue weighted by Crippen LogP contribution is -2.38. The smallest absolute Gasteiger partial charge is 0.255 e. The van der Waals surface area contributed by atoms with E-state index in [0.717, 1.165) is 29.7 Å². The molecule has 3 aromatic rings. The van der Waals surface area contributed by atoms with Crippen LogP contribution in [-0.4, -0.2) is 48.5 Å². The summed E-state index contributed by atoms with van der Waals surface area (Å²) < 4.78 is 31.2. The van der Waals surface area contributed by atoms with Gasteiger partial charge in [-0.1, -0.05) is 5.57 Å². The van der Waals surface area contributed by atoms with Gasteiger partial charge in [0, 0.05) is 56.2 Å². The van der Waals surface area contributed by atoms with E-state index in [1.165, 1.54) is 12.1 Å². The third kappa shape index (κ3) is 5.12. The Labute approximate surface area is 214 Å². The number of carbonyl (C=O) groups is 2. The Kier molecular flexibility index (Phi) is 7.70. The van der Waals surface area contributed by atoms with Crippen molar-refractivity contribution in [2.45, 2.75) is 32.6 Å². The van der Waals surface area contributed by atoms with Gasteiger partial charge in [-0.2, -0.15) is 0 Å². The van der Waals surface area contributed by atoms with Crippen LogP contribution in [0.25, 0.3) is 22.3 Å². The number of fused-ring (bicyclic) bond motifs is 1. The van der Waals surface area contributed by atoms with Crippen LogP contribution in [0, 0.1) is 5.82 Å². The minimum Gasteiger partial charge on any atom is -0.455 e. The molecule has 2 aromatic carbocycles. The van der Waals surface area contributed by atoms with Crippen LogP contribution in [0.1, 0.15) is 48.5 Å². The van der Waals surface area contributed by atoms with Crippen molar-refractivity contribution in [2.24, 2.45) is 0 Å². The number of rotatable bonds is 6. The predicted octanol–water partition coefficient (Wildman–Crippen LogP) is 5.83. The van der Waals surface area contributed by atoms with Crippen molar-refractivity contribution >= 4 is 40.7 Å². The number of likely N-dealkylation sites (tertiary alicyclic amines) is 1. The first-order valence-electron chi connectivity index (χ1n) is 11.8. The fourth-order valence-corrected chi connectivity index (χ4v) is 4.96. The van der Waals surface area contributed by atoms with Gasteiger partial charge in [-0.25, -0.2) is 4.39 Å². The summed E-state index contributed by atoms with van der Waals surface area (Å²) >= 11 is 0.581. The number of hydrogen-bond acceptors (Lipinski definition) is 6. The van der Waals surface area contributed by atoms with E-state index in [0.29, 0.717) is 53.2 Å². The van der Waals surface area contributed by atoms with Crippen molar-refractivity contribution < 1.29 is 22.9 Å². The fraction of sp³-hybridized carbons (Fsp3) is 0.333. The number of halogens is 1. The molecule has 2 N–H and O–H groups in total. The van der Waals surface area contributed by atoms with Crippen LogP contribution >= 0.6 is 12.2 Å². The Morgan fingerprint density at radius 1 is 1.25 bits per heavy atom. The predicted molar refractivity (Wildman–Crippen MR) is 142 cm³/mol. The van der Waals surface area contributed by atoms with Gasteiger partial charge in [0.2, 0.25) is 5.91 Å². The van der Waals surface area contributed by atoms with Gasteiger partial charge in [-0.3, -0.25) is 13.9 Å². The Morgan fingerprint density at radius 2 is 1.97 bits per heavy atom. The molecule has 190 valence electrons. The van der Waals surface area contributed by atoms with Crippen LogP contribution in [-0.2, 0) is 4.79 Å². The summed E-state index contributed by atoms with van der Waals surface area (Å²) in [6.07, 6.45) is 3.35. The maximum Gasteiger partial charge on any atom is 0.255 e. The molecule has 0 radical (unpaired) electrons. The van der Waals surface area contributed by atoms with E-state index in [2.05, 4.69) is 5.32 Å². The molecule has 9 heteroatoms. The molecule has 7 nitrogen and oxygen atoms in total. The third-order valence-corrected chi connectivity index (χ3v) is 6.89. The summed E-state index contributed by atoms with van der Waals surface area (Å²) in [5.41, 5.74) is 4.01. The molecule has 1 unspecified atom stereocenters. The largest absolute Gasteiger partial charge is 0.455 e. The first-order valence-corrected chi connectivity index (χ1v) is 12.5. The molecule has 1 fully saturated rings. The summed E-state index contributed by atoms with van der Waals surface area (Å²) in [5.74, 6) is -0.368. The van der Waals surface area contributed by atoms with Crippen molar-refractivity contribution in [1.82, 2.24) is 10.2 Å². The fourth-order valence-electron chi connectivity index (χ4n) is 4.72. The number of piperidine rings is 1. The van der Waals surface area contributed by atoms with Crippen molar-refractivity contribution in [3.05, 3.63) is 65.0 Å². The van der Waals surface area contributed by atoms with Crippen molar-refractivity contribution in [3.8, 4) is 11.3 Å². The molecule has 1 aromatic heterocycles. The second kappa shape index (κ2) is 10.8. The molecule has 0 aliphatic carbocycles. The molecule has 0 spiro atoms. The monoisotopic (exact) mass is 511 g/mol. The van der Waals surface area contributed by atoms with E-state index in [1.54, 1.807) is 36.6 Å². The van der Waals surface area contributed by atoms with Gasteiger partial charge >= 0.3 is 0 Å². The molecule has 1 aliphatic rings. The van der Waals surface area contributed by atoms with Gasteiger partial charge in [0.1, 0.15) is 29.4 Å². The van der Waals surface area contributed by atoms with Crippen LogP contribution < -0.4 is 9.62 Å². The maximum absolute atomic E-state index is 13.6.